The fourth-order valence-corrected chi connectivity index (χ4v) is 2.34. The summed E-state index contributed by atoms with van der Waals surface area (Å²) < 4.78 is 11.0. The van der Waals surface area contributed by atoms with E-state index >= 15 is 0 Å². The van der Waals surface area contributed by atoms with Crippen LogP contribution in [0, 0.1) is 0 Å². The molecule has 0 unspecified atom stereocenters. The van der Waals surface area contributed by atoms with Gasteiger partial charge in [-0.3, -0.25) is 9.59 Å². The molecule has 0 spiro atoms. The smallest absolute Gasteiger partial charge is 0.251 e. The van der Waals surface area contributed by atoms with E-state index in [1.165, 1.54) is 0 Å². The summed E-state index contributed by atoms with van der Waals surface area (Å²) in [6, 6.07) is 14.2. The Balaban J connectivity index is 1.90. The van der Waals surface area contributed by atoms with Crippen LogP contribution in [-0.4, -0.2) is 31.6 Å². The Morgan fingerprint density at radius 2 is 1.69 bits per heavy atom. The Morgan fingerprint density at radius 3 is 2.38 bits per heavy atom. The number of carbonyl (C=O) groups excluding carboxylic acids is 2. The Hall–Kier alpha value is -3.02. The van der Waals surface area contributed by atoms with Crippen molar-refractivity contribution in [2.45, 2.75) is 20.3 Å². The van der Waals surface area contributed by atoms with Crippen molar-refractivity contribution in [2.24, 2.45) is 0 Å². The third-order valence-corrected chi connectivity index (χ3v) is 3.51. The van der Waals surface area contributed by atoms with E-state index in [9.17, 15) is 9.59 Å². The van der Waals surface area contributed by atoms with Crippen LogP contribution in [0.5, 0.6) is 11.5 Å². The fourth-order valence-electron chi connectivity index (χ4n) is 2.34. The summed E-state index contributed by atoms with van der Waals surface area (Å²) in [5.74, 6) is 0.820. The number of nitrogens with one attached hydrogen (secondary N) is 2. The lowest BCUT2D eigenvalue weighted by molar-refractivity contribution is -0.116. The van der Waals surface area contributed by atoms with E-state index in [-0.39, 0.29) is 24.8 Å². The highest BCUT2D eigenvalue weighted by atomic mass is 16.5. The largest absolute Gasteiger partial charge is 0.494 e. The summed E-state index contributed by atoms with van der Waals surface area (Å²) >= 11 is 0. The molecule has 0 saturated heterocycles. The zero-order valence-electron chi connectivity index (χ0n) is 15.1. The van der Waals surface area contributed by atoms with Gasteiger partial charge in [0.1, 0.15) is 11.5 Å². The average Bonchev–Trinajstić information content (AvgIpc) is 2.65. The molecule has 2 amide bonds. The minimum Gasteiger partial charge on any atom is -0.494 e. The zero-order chi connectivity index (χ0) is 18.8. The molecule has 0 aliphatic rings. The first-order chi connectivity index (χ1) is 12.6. The number of hydrogen-bond acceptors (Lipinski definition) is 4. The van der Waals surface area contributed by atoms with Crippen molar-refractivity contribution < 1.29 is 19.1 Å². The summed E-state index contributed by atoms with van der Waals surface area (Å²) in [6.45, 7) is 5.04. The molecule has 6 heteroatoms. The number of hydrogen-bond donors (Lipinski definition) is 2. The maximum absolute atomic E-state index is 12.2. The average molecular weight is 356 g/mol. The van der Waals surface area contributed by atoms with E-state index in [1.807, 2.05) is 19.9 Å². The second kappa shape index (κ2) is 10.1. The van der Waals surface area contributed by atoms with Gasteiger partial charge in [-0.05, 0) is 38.1 Å². The molecular formula is C20H24N2O4. The third kappa shape index (κ3) is 5.81. The molecule has 2 aromatic rings. The molecule has 138 valence electrons. The van der Waals surface area contributed by atoms with Crippen molar-refractivity contribution >= 4 is 17.5 Å². The normalized spacial score (nSPS) is 10.1. The van der Waals surface area contributed by atoms with Crippen LogP contribution in [-0.2, 0) is 4.79 Å². The SMILES string of the molecule is CCOc1ccc(OCC)c(NC(=O)CCNC(=O)c2ccccc2)c1. The number of amides is 2. The van der Waals surface area contributed by atoms with Gasteiger partial charge in [0.15, 0.2) is 0 Å². The highest BCUT2D eigenvalue weighted by Crippen LogP contribution is 2.29. The van der Waals surface area contributed by atoms with Gasteiger partial charge < -0.3 is 20.1 Å². The van der Waals surface area contributed by atoms with E-state index < -0.39 is 0 Å². The summed E-state index contributed by atoms with van der Waals surface area (Å²) in [5.41, 5.74) is 1.12. The van der Waals surface area contributed by atoms with Crippen LogP contribution in [0.15, 0.2) is 48.5 Å². The van der Waals surface area contributed by atoms with E-state index in [4.69, 9.17) is 9.47 Å². The molecule has 6 nitrogen and oxygen atoms in total. The number of ether oxygens (including phenoxy) is 2. The van der Waals surface area contributed by atoms with Crippen LogP contribution in [0.1, 0.15) is 30.6 Å². The summed E-state index contributed by atoms with van der Waals surface area (Å²) in [5, 5.41) is 5.54. The topological polar surface area (TPSA) is 76.7 Å². The monoisotopic (exact) mass is 356 g/mol. The van der Waals surface area contributed by atoms with Crippen molar-refractivity contribution in [2.75, 3.05) is 25.1 Å². The number of benzene rings is 2. The summed E-state index contributed by atoms with van der Waals surface area (Å²) in [4.78, 5) is 24.2. The van der Waals surface area contributed by atoms with Crippen molar-refractivity contribution in [3.8, 4) is 11.5 Å². The van der Waals surface area contributed by atoms with Crippen LogP contribution in [0.2, 0.25) is 0 Å². The van der Waals surface area contributed by atoms with Crippen LogP contribution < -0.4 is 20.1 Å². The maximum atomic E-state index is 12.2. The predicted molar refractivity (Wildman–Crippen MR) is 101 cm³/mol. The van der Waals surface area contributed by atoms with Gasteiger partial charge in [0.2, 0.25) is 5.91 Å². The summed E-state index contributed by atoms with van der Waals surface area (Å²) in [6.07, 6.45) is 0.156. The third-order valence-electron chi connectivity index (χ3n) is 3.51. The molecular weight excluding hydrogens is 332 g/mol. The van der Waals surface area contributed by atoms with Gasteiger partial charge in [0, 0.05) is 24.6 Å². The summed E-state index contributed by atoms with van der Waals surface area (Å²) in [7, 11) is 0. The van der Waals surface area contributed by atoms with Crippen molar-refractivity contribution in [1.82, 2.24) is 5.32 Å². The number of anilines is 1. The Kier molecular flexibility index (Phi) is 7.49. The van der Waals surface area contributed by atoms with E-state index in [1.54, 1.807) is 42.5 Å². The van der Waals surface area contributed by atoms with Crippen molar-refractivity contribution in [1.29, 1.82) is 0 Å². The Labute approximate surface area is 153 Å². The van der Waals surface area contributed by atoms with Gasteiger partial charge in [-0.2, -0.15) is 0 Å². The molecule has 0 aliphatic carbocycles. The quantitative estimate of drug-likeness (QED) is 0.723. The van der Waals surface area contributed by atoms with Crippen LogP contribution in [0.25, 0.3) is 0 Å². The van der Waals surface area contributed by atoms with Gasteiger partial charge in [0.25, 0.3) is 5.91 Å². The van der Waals surface area contributed by atoms with Crippen LogP contribution in [0.4, 0.5) is 5.69 Å². The second-order valence-corrected chi connectivity index (χ2v) is 5.44. The molecule has 26 heavy (non-hydrogen) atoms. The standard InChI is InChI=1S/C20H24N2O4/c1-3-25-16-10-11-18(26-4-2)17(14-16)22-19(23)12-13-21-20(24)15-8-6-5-7-9-15/h5-11,14H,3-4,12-13H2,1-2H3,(H,21,24)(H,22,23). The Morgan fingerprint density at radius 1 is 0.962 bits per heavy atom. The number of carbonyl (C=O) groups is 2. The molecule has 2 aromatic carbocycles. The van der Waals surface area contributed by atoms with E-state index in [2.05, 4.69) is 10.6 Å². The first kappa shape index (κ1) is 19.3. The molecule has 0 heterocycles. The van der Waals surface area contributed by atoms with Gasteiger partial charge >= 0.3 is 0 Å². The van der Waals surface area contributed by atoms with Crippen molar-refractivity contribution in [3.63, 3.8) is 0 Å². The van der Waals surface area contributed by atoms with E-state index in [0.29, 0.717) is 36.0 Å². The Bertz CT molecular complexity index is 732. The maximum Gasteiger partial charge on any atom is 0.251 e. The minimum absolute atomic E-state index is 0.156. The molecule has 2 N–H and O–H groups in total. The predicted octanol–water partition coefficient (Wildman–Crippen LogP) is 3.24. The molecule has 0 atom stereocenters. The fraction of sp³-hybridized carbons (Fsp3) is 0.300. The van der Waals surface area contributed by atoms with Gasteiger partial charge in [-0.15, -0.1) is 0 Å². The lowest BCUT2D eigenvalue weighted by Gasteiger charge is -2.13. The highest BCUT2D eigenvalue weighted by molar-refractivity contribution is 5.95. The van der Waals surface area contributed by atoms with Crippen molar-refractivity contribution in [3.05, 3.63) is 54.1 Å². The van der Waals surface area contributed by atoms with Crippen LogP contribution >= 0.6 is 0 Å². The van der Waals surface area contributed by atoms with Crippen LogP contribution in [0.3, 0.4) is 0 Å². The van der Waals surface area contributed by atoms with Gasteiger partial charge in [0.05, 0.1) is 18.9 Å². The highest BCUT2D eigenvalue weighted by Gasteiger charge is 2.11. The first-order valence-electron chi connectivity index (χ1n) is 8.66. The first-order valence-corrected chi connectivity index (χ1v) is 8.66. The second-order valence-electron chi connectivity index (χ2n) is 5.44. The molecule has 0 aliphatic heterocycles. The molecule has 0 aromatic heterocycles. The minimum atomic E-state index is -0.215. The lowest BCUT2D eigenvalue weighted by atomic mass is 10.2. The number of rotatable bonds is 9. The van der Waals surface area contributed by atoms with Gasteiger partial charge in [-0.1, -0.05) is 18.2 Å². The lowest BCUT2D eigenvalue weighted by Crippen LogP contribution is -2.27. The van der Waals surface area contributed by atoms with E-state index in [0.717, 1.165) is 0 Å². The molecule has 0 bridgehead atoms. The zero-order valence-corrected chi connectivity index (χ0v) is 15.1. The molecule has 0 saturated carbocycles. The molecule has 2 rings (SSSR count). The van der Waals surface area contributed by atoms with Gasteiger partial charge in [-0.25, -0.2) is 0 Å². The molecule has 0 fully saturated rings. The molecule has 0 radical (unpaired) electrons.